The standard InChI is InChI=1S/C11H19N/c1-11-6-7-2-3-9(11)10(11)5-8(12)4-7/h7-10H,2-6,12H2,1H3. The topological polar surface area (TPSA) is 26.0 Å². The minimum atomic E-state index is 0.534. The molecule has 0 saturated heterocycles. The molecule has 3 aliphatic rings. The van der Waals surface area contributed by atoms with E-state index >= 15 is 0 Å². The first kappa shape index (κ1) is 7.37. The predicted octanol–water partition coefficient (Wildman–Crippen LogP) is 2.16. The molecule has 0 heterocycles. The molecule has 68 valence electrons. The molecular weight excluding hydrogens is 146 g/mol. The van der Waals surface area contributed by atoms with E-state index in [1.165, 1.54) is 32.1 Å². The Balaban J connectivity index is 1.90. The van der Waals surface area contributed by atoms with Crippen LogP contribution >= 0.6 is 0 Å². The first-order valence-corrected chi connectivity index (χ1v) is 5.46. The van der Waals surface area contributed by atoms with Gasteiger partial charge in [0.15, 0.2) is 0 Å². The van der Waals surface area contributed by atoms with Gasteiger partial charge in [0.2, 0.25) is 0 Å². The summed E-state index contributed by atoms with van der Waals surface area (Å²) in [7, 11) is 0. The molecule has 2 bridgehead atoms. The third-order valence-corrected chi connectivity index (χ3v) is 4.88. The summed E-state index contributed by atoms with van der Waals surface area (Å²) in [5, 5.41) is 0. The van der Waals surface area contributed by atoms with E-state index in [4.69, 9.17) is 5.73 Å². The molecule has 0 amide bonds. The summed E-state index contributed by atoms with van der Waals surface area (Å²) in [6, 6.07) is 0.534. The van der Waals surface area contributed by atoms with Crippen LogP contribution in [0.15, 0.2) is 0 Å². The highest BCUT2D eigenvalue weighted by Crippen LogP contribution is 2.70. The van der Waals surface area contributed by atoms with Crippen LogP contribution in [0.4, 0.5) is 0 Å². The van der Waals surface area contributed by atoms with Gasteiger partial charge in [-0.2, -0.15) is 0 Å². The van der Waals surface area contributed by atoms with E-state index in [-0.39, 0.29) is 0 Å². The molecule has 0 aliphatic heterocycles. The smallest absolute Gasteiger partial charge is 0.00444 e. The van der Waals surface area contributed by atoms with Crippen LogP contribution in [0.25, 0.3) is 0 Å². The van der Waals surface area contributed by atoms with Gasteiger partial charge in [-0.05, 0) is 48.9 Å². The van der Waals surface area contributed by atoms with Gasteiger partial charge in [0.25, 0.3) is 0 Å². The Morgan fingerprint density at radius 1 is 1.17 bits per heavy atom. The van der Waals surface area contributed by atoms with Crippen molar-refractivity contribution in [1.29, 1.82) is 0 Å². The SMILES string of the molecule is CC12CC3CCC1C2CC(N)C3. The van der Waals surface area contributed by atoms with Gasteiger partial charge in [-0.1, -0.05) is 13.3 Å². The summed E-state index contributed by atoms with van der Waals surface area (Å²) in [6.07, 6.45) is 7.13. The van der Waals surface area contributed by atoms with Gasteiger partial charge >= 0.3 is 0 Å². The molecule has 2 N–H and O–H groups in total. The van der Waals surface area contributed by atoms with Gasteiger partial charge in [0.05, 0.1) is 0 Å². The van der Waals surface area contributed by atoms with Crippen LogP contribution in [-0.2, 0) is 0 Å². The van der Waals surface area contributed by atoms with Gasteiger partial charge in [-0.15, -0.1) is 0 Å². The lowest BCUT2D eigenvalue weighted by molar-refractivity contribution is 0.253. The van der Waals surface area contributed by atoms with E-state index in [9.17, 15) is 0 Å². The molecule has 1 heteroatoms. The Morgan fingerprint density at radius 3 is 2.83 bits per heavy atom. The number of nitrogens with two attached hydrogens (primary N) is 1. The minimum Gasteiger partial charge on any atom is -0.328 e. The zero-order valence-corrected chi connectivity index (χ0v) is 7.92. The average Bonchev–Trinajstić information content (AvgIpc) is 2.53. The molecule has 0 aromatic heterocycles. The van der Waals surface area contributed by atoms with Crippen LogP contribution in [-0.4, -0.2) is 6.04 Å². The van der Waals surface area contributed by atoms with Crippen molar-refractivity contribution < 1.29 is 0 Å². The van der Waals surface area contributed by atoms with E-state index in [1.807, 2.05) is 0 Å². The zero-order chi connectivity index (χ0) is 8.34. The molecule has 3 saturated carbocycles. The first-order valence-electron chi connectivity index (χ1n) is 5.46. The van der Waals surface area contributed by atoms with E-state index in [1.54, 1.807) is 0 Å². The number of fused-ring (bicyclic) bond motifs is 2. The Bertz CT molecular complexity index is 213. The molecule has 0 aromatic rings. The third kappa shape index (κ3) is 0.783. The summed E-state index contributed by atoms with van der Waals surface area (Å²) < 4.78 is 0. The van der Waals surface area contributed by atoms with Crippen molar-refractivity contribution in [3.05, 3.63) is 0 Å². The lowest BCUT2D eigenvalue weighted by Gasteiger charge is -2.27. The molecule has 5 unspecified atom stereocenters. The highest BCUT2D eigenvalue weighted by atomic mass is 14.7. The van der Waals surface area contributed by atoms with Gasteiger partial charge in [0.1, 0.15) is 0 Å². The Morgan fingerprint density at radius 2 is 2.00 bits per heavy atom. The number of rotatable bonds is 0. The van der Waals surface area contributed by atoms with E-state index in [0.29, 0.717) is 6.04 Å². The molecule has 0 radical (unpaired) electrons. The maximum Gasteiger partial charge on any atom is 0.00444 e. The Hall–Kier alpha value is -0.0400. The van der Waals surface area contributed by atoms with Gasteiger partial charge < -0.3 is 5.73 Å². The molecule has 3 fully saturated rings. The van der Waals surface area contributed by atoms with E-state index in [0.717, 1.165) is 23.2 Å². The van der Waals surface area contributed by atoms with Crippen molar-refractivity contribution in [2.75, 3.05) is 0 Å². The van der Waals surface area contributed by atoms with E-state index in [2.05, 4.69) is 6.92 Å². The normalized spacial score (nSPS) is 62.5. The van der Waals surface area contributed by atoms with E-state index < -0.39 is 0 Å². The summed E-state index contributed by atoms with van der Waals surface area (Å²) in [5.74, 6) is 3.06. The van der Waals surface area contributed by atoms with Crippen LogP contribution in [0.2, 0.25) is 0 Å². The van der Waals surface area contributed by atoms with Gasteiger partial charge in [-0.3, -0.25) is 0 Å². The zero-order valence-electron chi connectivity index (χ0n) is 7.92. The number of hydrogen-bond donors (Lipinski definition) is 1. The van der Waals surface area contributed by atoms with Crippen molar-refractivity contribution >= 4 is 0 Å². The van der Waals surface area contributed by atoms with Crippen LogP contribution in [0.1, 0.15) is 39.0 Å². The summed E-state index contributed by atoms with van der Waals surface area (Å²) >= 11 is 0. The van der Waals surface area contributed by atoms with Crippen LogP contribution in [0.3, 0.4) is 0 Å². The van der Waals surface area contributed by atoms with Crippen LogP contribution in [0, 0.1) is 23.2 Å². The highest BCUT2D eigenvalue weighted by molar-refractivity contribution is 5.13. The monoisotopic (exact) mass is 165 g/mol. The Kier molecular flexibility index (Phi) is 1.27. The molecule has 3 aliphatic carbocycles. The second-order valence-corrected chi connectivity index (χ2v) is 5.60. The fourth-order valence-corrected chi connectivity index (χ4v) is 4.22. The van der Waals surface area contributed by atoms with Crippen molar-refractivity contribution in [2.24, 2.45) is 28.9 Å². The lowest BCUT2D eigenvalue weighted by atomic mass is 9.80. The van der Waals surface area contributed by atoms with Crippen molar-refractivity contribution in [3.63, 3.8) is 0 Å². The van der Waals surface area contributed by atoms with Crippen molar-refractivity contribution in [1.82, 2.24) is 0 Å². The van der Waals surface area contributed by atoms with Gasteiger partial charge in [-0.25, -0.2) is 0 Å². The maximum absolute atomic E-state index is 6.10. The van der Waals surface area contributed by atoms with Gasteiger partial charge in [0, 0.05) is 6.04 Å². The highest BCUT2D eigenvalue weighted by Gasteiger charge is 2.63. The second kappa shape index (κ2) is 2.06. The third-order valence-electron chi connectivity index (χ3n) is 4.88. The quantitative estimate of drug-likeness (QED) is 0.585. The summed E-state index contributed by atoms with van der Waals surface area (Å²) in [6.45, 7) is 2.51. The number of hydrogen-bond acceptors (Lipinski definition) is 1. The first-order chi connectivity index (χ1) is 5.70. The minimum absolute atomic E-state index is 0.534. The molecule has 1 nitrogen and oxygen atoms in total. The fraction of sp³-hybridized carbons (Fsp3) is 1.00. The van der Waals surface area contributed by atoms with Crippen LogP contribution < -0.4 is 5.73 Å². The molecule has 0 spiro atoms. The van der Waals surface area contributed by atoms with Crippen molar-refractivity contribution in [2.45, 2.75) is 45.1 Å². The largest absolute Gasteiger partial charge is 0.328 e. The van der Waals surface area contributed by atoms with Crippen LogP contribution in [0.5, 0.6) is 0 Å². The lowest BCUT2D eigenvalue weighted by Crippen LogP contribution is -2.25. The second-order valence-electron chi connectivity index (χ2n) is 5.60. The predicted molar refractivity (Wildman–Crippen MR) is 49.6 cm³/mol. The average molecular weight is 165 g/mol. The summed E-state index contributed by atoms with van der Waals surface area (Å²) in [5.41, 5.74) is 6.84. The molecule has 3 rings (SSSR count). The van der Waals surface area contributed by atoms with Crippen molar-refractivity contribution in [3.8, 4) is 0 Å². The maximum atomic E-state index is 6.10. The fourth-order valence-electron chi connectivity index (χ4n) is 4.22. The summed E-state index contributed by atoms with van der Waals surface area (Å²) in [4.78, 5) is 0. The molecule has 0 aromatic carbocycles. The molecule has 5 atom stereocenters. The molecule has 12 heavy (non-hydrogen) atoms. The molecular formula is C11H19N. The Labute approximate surface area is 74.7 Å².